The summed E-state index contributed by atoms with van der Waals surface area (Å²) in [5.74, 6) is -0.0353. The van der Waals surface area contributed by atoms with Crippen molar-refractivity contribution in [1.29, 1.82) is 0 Å². The summed E-state index contributed by atoms with van der Waals surface area (Å²) in [6.07, 6.45) is 5.55. The highest BCUT2D eigenvalue weighted by molar-refractivity contribution is 5.79. The summed E-state index contributed by atoms with van der Waals surface area (Å²) in [4.78, 5) is 49.7. The lowest BCUT2D eigenvalue weighted by molar-refractivity contribution is -0.129. The quantitative estimate of drug-likeness (QED) is 0.0789. The number of Topliss-reactive ketones (excluding diaryl/α,β-unsaturated/α-hetero) is 2. The molecule has 0 aromatic rings. The van der Waals surface area contributed by atoms with Crippen LogP contribution < -0.4 is 16.0 Å². The van der Waals surface area contributed by atoms with Gasteiger partial charge in [-0.3, -0.25) is 19.2 Å². The summed E-state index contributed by atoms with van der Waals surface area (Å²) in [5.41, 5.74) is -0.755. The molecule has 0 radical (unpaired) electrons. The van der Waals surface area contributed by atoms with Crippen molar-refractivity contribution in [3.8, 4) is 0 Å². The molecular weight excluding hydrogens is 662 g/mol. The Morgan fingerprint density at radius 3 is 1.45 bits per heavy atom. The van der Waals surface area contributed by atoms with E-state index >= 15 is 0 Å². The van der Waals surface area contributed by atoms with Crippen molar-refractivity contribution in [3.63, 3.8) is 0 Å². The molecule has 2 amide bonds. The van der Waals surface area contributed by atoms with Crippen LogP contribution in [0.3, 0.4) is 0 Å². The van der Waals surface area contributed by atoms with Crippen LogP contribution in [0, 0.1) is 5.41 Å². The molecule has 1 atom stereocenters. The van der Waals surface area contributed by atoms with Crippen LogP contribution in [0.4, 0.5) is 0 Å². The van der Waals surface area contributed by atoms with Gasteiger partial charge in [-0.25, -0.2) is 0 Å². The monoisotopic (exact) mass is 734 g/mol. The molecule has 3 N–H and O–H groups in total. The third-order valence-electron chi connectivity index (χ3n) is 7.73. The van der Waals surface area contributed by atoms with Gasteiger partial charge in [0, 0.05) is 70.2 Å². The molecule has 0 fully saturated rings. The van der Waals surface area contributed by atoms with E-state index in [4.69, 9.17) is 33.2 Å². The number of ketones is 2. The minimum atomic E-state index is -0.755. The highest BCUT2D eigenvalue weighted by Gasteiger charge is 2.34. The maximum Gasteiger partial charge on any atom is 0.222 e. The SMILES string of the molecule is CCCCC(=O)CCOCC(CCOCCC(=O)NCCC)(COCCC(=O)NCCC)CC(=O)CCOCCOCCOCCOCCNC. The van der Waals surface area contributed by atoms with Gasteiger partial charge in [0.1, 0.15) is 11.6 Å². The standard InChI is InChI=1S/C37H71N3O11/c1-5-8-9-33(41)10-19-50-31-37(32-51-21-13-36(44)40-16-7-3,14-22-45-20-12-35(43)39-15-6-2)30-34(42)11-18-46-24-26-48-28-29-49-27-25-47-23-17-38-4/h38H,5-32H2,1-4H3,(H,39,43)(H,40,44). The zero-order valence-electron chi connectivity index (χ0n) is 32.3. The summed E-state index contributed by atoms with van der Waals surface area (Å²) in [6.45, 7) is 13.0. The second-order valence-corrected chi connectivity index (χ2v) is 12.6. The van der Waals surface area contributed by atoms with Crippen molar-refractivity contribution in [2.45, 2.75) is 91.4 Å². The van der Waals surface area contributed by atoms with E-state index < -0.39 is 5.41 Å². The fourth-order valence-electron chi connectivity index (χ4n) is 4.69. The molecule has 0 bridgehead atoms. The number of carbonyl (C=O) groups is 4. The smallest absolute Gasteiger partial charge is 0.222 e. The summed E-state index contributed by atoms with van der Waals surface area (Å²) < 4.78 is 39.9. The van der Waals surface area contributed by atoms with Gasteiger partial charge in [0.15, 0.2) is 0 Å². The molecule has 0 aliphatic rings. The van der Waals surface area contributed by atoms with Crippen LogP contribution in [0.2, 0.25) is 0 Å². The molecule has 0 saturated carbocycles. The van der Waals surface area contributed by atoms with E-state index in [9.17, 15) is 19.2 Å². The van der Waals surface area contributed by atoms with Crippen molar-refractivity contribution >= 4 is 23.4 Å². The number of likely N-dealkylation sites (N-methyl/N-ethyl adjacent to an activating group) is 1. The molecule has 51 heavy (non-hydrogen) atoms. The fourth-order valence-corrected chi connectivity index (χ4v) is 4.69. The van der Waals surface area contributed by atoms with Crippen LogP contribution in [-0.4, -0.2) is 143 Å². The maximum absolute atomic E-state index is 13.3. The normalized spacial score (nSPS) is 12.5. The average Bonchev–Trinajstić information content (AvgIpc) is 3.12. The van der Waals surface area contributed by atoms with Crippen LogP contribution in [0.25, 0.3) is 0 Å². The first kappa shape index (κ1) is 49.0. The molecule has 0 aromatic carbocycles. The van der Waals surface area contributed by atoms with E-state index in [-0.39, 0.29) is 95.3 Å². The number of hydrogen-bond acceptors (Lipinski definition) is 12. The number of nitrogens with one attached hydrogen (secondary N) is 3. The lowest BCUT2D eigenvalue weighted by Crippen LogP contribution is -2.37. The molecule has 0 aliphatic heterocycles. The van der Waals surface area contributed by atoms with E-state index in [1.54, 1.807) is 0 Å². The van der Waals surface area contributed by atoms with Crippen LogP contribution in [0.15, 0.2) is 0 Å². The molecule has 0 rings (SSSR count). The van der Waals surface area contributed by atoms with Gasteiger partial charge in [0.05, 0.1) is 85.9 Å². The second kappa shape index (κ2) is 36.3. The minimum Gasteiger partial charge on any atom is -0.381 e. The Kier molecular flexibility index (Phi) is 34.9. The first-order chi connectivity index (χ1) is 24.8. The molecule has 0 heterocycles. The lowest BCUT2D eigenvalue weighted by atomic mass is 9.80. The molecule has 14 nitrogen and oxygen atoms in total. The molecule has 300 valence electrons. The van der Waals surface area contributed by atoms with E-state index in [0.29, 0.717) is 78.6 Å². The van der Waals surface area contributed by atoms with E-state index in [2.05, 4.69) is 16.0 Å². The zero-order valence-corrected chi connectivity index (χ0v) is 32.3. The number of hydrogen-bond donors (Lipinski definition) is 3. The molecule has 14 heteroatoms. The fraction of sp³-hybridized carbons (Fsp3) is 0.892. The van der Waals surface area contributed by atoms with Crippen molar-refractivity contribution in [3.05, 3.63) is 0 Å². The van der Waals surface area contributed by atoms with Crippen LogP contribution >= 0.6 is 0 Å². The average molecular weight is 734 g/mol. The Morgan fingerprint density at radius 2 is 0.922 bits per heavy atom. The minimum absolute atomic E-state index is 0.0212. The summed E-state index contributed by atoms with van der Waals surface area (Å²) in [5, 5.41) is 8.69. The van der Waals surface area contributed by atoms with Gasteiger partial charge in [0.25, 0.3) is 0 Å². The molecule has 0 aliphatic carbocycles. The third kappa shape index (κ3) is 32.4. The lowest BCUT2D eigenvalue weighted by Gasteiger charge is -2.33. The van der Waals surface area contributed by atoms with E-state index in [0.717, 1.165) is 32.2 Å². The largest absolute Gasteiger partial charge is 0.381 e. The van der Waals surface area contributed by atoms with Gasteiger partial charge < -0.3 is 49.1 Å². The Hall–Kier alpha value is -2.04. The van der Waals surface area contributed by atoms with Gasteiger partial charge in [-0.15, -0.1) is 0 Å². The van der Waals surface area contributed by atoms with Crippen molar-refractivity contribution in [1.82, 2.24) is 16.0 Å². The predicted octanol–water partition coefficient (Wildman–Crippen LogP) is 3.03. The Labute approximate surface area is 307 Å². The maximum atomic E-state index is 13.3. The molecule has 1 unspecified atom stereocenters. The first-order valence-electron chi connectivity index (χ1n) is 19.1. The third-order valence-corrected chi connectivity index (χ3v) is 7.73. The van der Waals surface area contributed by atoms with Gasteiger partial charge in [0.2, 0.25) is 11.8 Å². The number of rotatable bonds is 40. The van der Waals surface area contributed by atoms with Crippen LogP contribution in [-0.2, 0) is 52.3 Å². The van der Waals surface area contributed by atoms with Crippen molar-refractivity contribution in [2.75, 3.05) is 119 Å². The van der Waals surface area contributed by atoms with Gasteiger partial charge in [-0.2, -0.15) is 0 Å². The summed E-state index contributed by atoms with van der Waals surface area (Å²) in [6, 6.07) is 0. The number of amides is 2. The van der Waals surface area contributed by atoms with E-state index in [1.807, 2.05) is 27.8 Å². The number of ether oxygens (including phenoxy) is 7. The van der Waals surface area contributed by atoms with Gasteiger partial charge in [-0.05, 0) is 32.7 Å². The Balaban J connectivity index is 5.06. The van der Waals surface area contributed by atoms with Crippen LogP contribution in [0.5, 0.6) is 0 Å². The number of unbranched alkanes of at least 4 members (excludes halogenated alkanes) is 1. The Bertz CT molecular complexity index is 836. The molecule has 0 aromatic heterocycles. The number of carbonyl (C=O) groups excluding carboxylic acids is 4. The molecule has 0 spiro atoms. The highest BCUT2D eigenvalue weighted by Crippen LogP contribution is 2.30. The molecule has 0 saturated heterocycles. The highest BCUT2D eigenvalue weighted by atomic mass is 16.6. The summed E-state index contributed by atoms with van der Waals surface area (Å²) in [7, 11) is 1.88. The Morgan fingerprint density at radius 1 is 0.471 bits per heavy atom. The first-order valence-corrected chi connectivity index (χ1v) is 19.1. The van der Waals surface area contributed by atoms with E-state index in [1.165, 1.54) is 0 Å². The predicted molar refractivity (Wildman–Crippen MR) is 196 cm³/mol. The van der Waals surface area contributed by atoms with Gasteiger partial charge >= 0.3 is 0 Å². The van der Waals surface area contributed by atoms with Crippen LogP contribution in [0.1, 0.15) is 91.4 Å². The zero-order chi connectivity index (χ0) is 37.7. The molecular formula is C37H71N3O11. The van der Waals surface area contributed by atoms with Crippen molar-refractivity contribution in [2.24, 2.45) is 5.41 Å². The summed E-state index contributed by atoms with van der Waals surface area (Å²) >= 11 is 0. The second-order valence-electron chi connectivity index (χ2n) is 12.6. The topological polar surface area (TPSA) is 169 Å². The van der Waals surface area contributed by atoms with Crippen molar-refractivity contribution < 1.29 is 52.3 Å². The van der Waals surface area contributed by atoms with Gasteiger partial charge in [-0.1, -0.05) is 27.2 Å².